The lowest BCUT2D eigenvalue weighted by molar-refractivity contribution is 0.193. The molecule has 2 atom stereocenters. The minimum absolute atomic E-state index is 0.0519. The van der Waals surface area contributed by atoms with Crippen LogP contribution in [0.3, 0.4) is 0 Å². The summed E-state index contributed by atoms with van der Waals surface area (Å²) in [6.07, 6.45) is 3.02. The fourth-order valence-corrected chi connectivity index (χ4v) is 5.34. The SMILES string of the molecule is O=S(=O)(Nc1ncc(F)s1)c1cc(Cl)c(NCCCCNC[C@H]2C[C@@H](O)CN2)cc1F. The van der Waals surface area contributed by atoms with Gasteiger partial charge in [-0.25, -0.2) is 17.8 Å². The number of hydrogen-bond acceptors (Lipinski definition) is 8. The summed E-state index contributed by atoms with van der Waals surface area (Å²) < 4.78 is 54.2. The maximum Gasteiger partial charge on any atom is 0.266 e. The average molecular weight is 496 g/mol. The number of β-amino-alcohol motifs (C(OH)–C–C–N with tert-alkyl or cyclic N) is 1. The Morgan fingerprint density at radius 2 is 2.06 bits per heavy atom. The van der Waals surface area contributed by atoms with Crippen molar-refractivity contribution in [2.24, 2.45) is 0 Å². The van der Waals surface area contributed by atoms with Gasteiger partial charge in [-0.2, -0.15) is 4.39 Å². The maximum absolute atomic E-state index is 14.4. The van der Waals surface area contributed by atoms with E-state index < -0.39 is 25.9 Å². The summed E-state index contributed by atoms with van der Waals surface area (Å²) in [4.78, 5) is 2.91. The third-order valence-electron chi connectivity index (χ3n) is 4.70. The predicted octanol–water partition coefficient (Wildman–Crippen LogP) is 2.38. The second-order valence-electron chi connectivity index (χ2n) is 7.17. The molecule has 0 radical (unpaired) electrons. The van der Waals surface area contributed by atoms with Gasteiger partial charge in [0.05, 0.1) is 23.0 Å². The van der Waals surface area contributed by atoms with Crippen molar-refractivity contribution in [1.82, 2.24) is 15.6 Å². The zero-order valence-electron chi connectivity index (χ0n) is 16.5. The standard InChI is InChI=1S/C18H24ClF2N5O3S2/c19-13-6-16(31(28,29)26-18-25-10-17(21)30-18)14(20)7-15(13)23-4-2-1-3-22-8-11-5-12(27)9-24-11/h6-7,10-12,22-24,27H,1-5,8-9H2,(H,25,26)/t11-,12-/m1/s1. The van der Waals surface area contributed by atoms with E-state index in [0.29, 0.717) is 24.4 Å². The van der Waals surface area contributed by atoms with Crippen molar-refractivity contribution in [3.05, 3.63) is 34.3 Å². The molecule has 0 aliphatic carbocycles. The molecule has 1 aromatic carbocycles. The number of sulfonamides is 1. The van der Waals surface area contributed by atoms with E-state index in [1.165, 1.54) is 0 Å². The summed E-state index contributed by atoms with van der Waals surface area (Å²) in [5.41, 5.74) is 0.288. The first-order valence-electron chi connectivity index (χ1n) is 9.74. The summed E-state index contributed by atoms with van der Waals surface area (Å²) in [5.74, 6) is -0.982. The van der Waals surface area contributed by atoms with Crippen LogP contribution >= 0.6 is 22.9 Å². The first-order chi connectivity index (χ1) is 14.7. The van der Waals surface area contributed by atoms with Crippen LogP contribution in [0.4, 0.5) is 19.6 Å². The molecule has 2 heterocycles. The van der Waals surface area contributed by atoms with Crippen molar-refractivity contribution < 1.29 is 22.3 Å². The van der Waals surface area contributed by atoms with Crippen LogP contribution < -0.4 is 20.7 Å². The van der Waals surface area contributed by atoms with E-state index in [9.17, 15) is 22.3 Å². The van der Waals surface area contributed by atoms with Gasteiger partial charge in [-0.3, -0.25) is 4.72 Å². The number of halogens is 3. The molecule has 0 spiro atoms. The van der Waals surface area contributed by atoms with Gasteiger partial charge in [0.1, 0.15) is 10.7 Å². The second kappa shape index (κ2) is 10.8. The van der Waals surface area contributed by atoms with Crippen LogP contribution in [0.1, 0.15) is 19.3 Å². The van der Waals surface area contributed by atoms with Crippen LogP contribution in [-0.4, -0.2) is 56.8 Å². The van der Waals surface area contributed by atoms with Crippen molar-refractivity contribution in [3.63, 3.8) is 0 Å². The van der Waals surface area contributed by atoms with Gasteiger partial charge in [0, 0.05) is 25.7 Å². The highest BCUT2D eigenvalue weighted by molar-refractivity contribution is 7.93. The quantitative estimate of drug-likeness (QED) is 0.304. The highest BCUT2D eigenvalue weighted by Gasteiger charge is 2.23. The number of thiazole rings is 1. The number of nitrogens with zero attached hydrogens (tertiary/aromatic N) is 1. The molecule has 8 nitrogen and oxygen atoms in total. The average Bonchev–Trinajstić information content (AvgIpc) is 3.30. The maximum atomic E-state index is 14.4. The summed E-state index contributed by atoms with van der Waals surface area (Å²) in [6, 6.07) is 2.32. The number of hydrogen-bond donors (Lipinski definition) is 5. The molecule has 5 N–H and O–H groups in total. The van der Waals surface area contributed by atoms with E-state index in [-0.39, 0.29) is 28.0 Å². The molecule has 0 bridgehead atoms. The first kappa shape index (κ1) is 24.1. The van der Waals surface area contributed by atoms with Crippen LogP contribution in [0.25, 0.3) is 0 Å². The Bertz CT molecular complexity index is 993. The Labute approximate surface area is 188 Å². The molecular weight excluding hydrogens is 472 g/mol. The third-order valence-corrected chi connectivity index (χ3v) is 7.19. The zero-order valence-corrected chi connectivity index (χ0v) is 18.9. The molecule has 1 aliphatic rings. The minimum Gasteiger partial charge on any atom is -0.392 e. The molecule has 1 aliphatic heterocycles. The molecule has 1 fully saturated rings. The Kier molecular flexibility index (Phi) is 8.42. The van der Waals surface area contributed by atoms with Crippen molar-refractivity contribution in [2.45, 2.75) is 36.3 Å². The highest BCUT2D eigenvalue weighted by atomic mass is 35.5. The van der Waals surface area contributed by atoms with Gasteiger partial charge >= 0.3 is 0 Å². The molecule has 3 rings (SSSR count). The Morgan fingerprint density at radius 3 is 2.74 bits per heavy atom. The Balaban J connectivity index is 1.45. The van der Waals surface area contributed by atoms with E-state index in [1.807, 2.05) is 4.72 Å². The summed E-state index contributed by atoms with van der Waals surface area (Å²) >= 11 is 6.62. The van der Waals surface area contributed by atoms with Gasteiger partial charge in [-0.15, -0.1) is 0 Å². The van der Waals surface area contributed by atoms with Crippen molar-refractivity contribution >= 4 is 43.8 Å². The topological polar surface area (TPSA) is 115 Å². The number of anilines is 2. The van der Waals surface area contributed by atoms with Gasteiger partial charge in [0.2, 0.25) is 0 Å². The van der Waals surface area contributed by atoms with Crippen molar-refractivity contribution in [1.29, 1.82) is 0 Å². The predicted molar refractivity (Wildman–Crippen MR) is 117 cm³/mol. The molecule has 1 saturated heterocycles. The minimum atomic E-state index is -4.30. The van der Waals surface area contributed by atoms with E-state index in [4.69, 9.17) is 11.6 Å². The molecule has 0 saturated carbocycles. The number of unbranched alkanes of at least 4 members (excludes halogenated alkanes) is 1. The van der Waals surface area contributed by atoms with E-state index in [0.717, 1.165) is 50.7 Å². The van der Waals surface area contributed by atoms with Crippen LogP contribution in [0.5, 0.6) is 0 Å². The molecule has 13 heteroatoms. The van der Waals surface area contributed by atoms with Gasteiger partial charge in [0.25, 0.3) is 10.0 Å². The smallest absolute Gasteiger partial charge is 0.266 e. The fraction of sp³-hybridized carbons (Fsp3) is 0.500. The normalized spacial score (nSPS) is 19.0. The summed E-state index contributed by atoms with van der Waals surface area (Å²) in [7, 11) is -4.30. The summed E-state index contributed by atoms with van der Waals surface area (Å²) in [6.45, 7) is 2.76. The number of benzene rings is 1. The van der Waals surface area contributed by atoms with Crippen molar-refractivity contribution in [2.75, 3.05) is 36.2 Å². The van der Waals surface area contributed by atoms with Gasteiger partial charge in [-0.1, -0.05) is 22.9 Å². The van der Waals surface area contributed by atoms with Gasteiger partial charge in [0.15, 0.2) is 10.3 Å². The van der Waals surface area contributed by atoms with Gasteiger partial charge in [-0.05, 0) is 37.9 Å². The number of rotatable bonds is 11. The van der Waals surface area contributed by atoms with Crippen LogP contribution in [0, 0.1) is 10.9 Å². The molecule has 1 aromatic heterocycles. The van der Waals surface area contributed by atoms with Crippen LogP contribution in [0.15, 0.2) is 23.2 Å². The molecule has 0 unspecified atom stereocenters. The van der Waals surface area contributed by atoms with Gasteiger partial charge < -0.3 is 21.1 Å². The van der Waals surface area contributed by atoms with Crippen LogP contribution in [0.2, 0.25) is 5.02 Å². The molecule has 2 aromatic rings. The lowest BCUT2D eigenvalue weighted by Gasteiger charge is -2.13. The monoisotopic (exact) mass is 495 g/mol. The van der Waals surface area contributed by atoms with Crippen LogP contribution in [-0.2, 0) is 10.0 Å². The molecule has 0 amide bonds. The Morgan fingerprint density at radius 1 is 1.29 bits per heavy atom. The Hall–Kier alpha value is -1.57. The van der Waals surface area contributed by atoms with E-state index in [2.05, 4.69) is 20.9 Å². The molecular formula is C18H24ClF2N5O3S2. The third kappa shape index (κ3) is 6.96. The fourth-order valence-electron chi connectivity index (χ4n) is 3.17. The molecule has 172 valence electrons. The second-order valence-corrected chi connectivity index (χ2v) is 10.2. The van der Waals surface area contributed by atoms with E-state index in [1.54, 1.807) is 0 Å². The number of aromatic nitrogens is 1. The lowest BCUT2D eigenvalue weighted by Crippen LogP contribution is -2.34. The number of aliphatic hydroxyl groups excluding tert-OH is 1. The summed E-state index contributed by atoms with van der Waals surface area (Å²) in [5, 5.41) is 18.2. The zero-order chi connectivity index (χ0) is 22.4. The lowest BCUT2D eigenvalue weighted by atomic mass is 10.2. The highest BCUT2D eigenvalue weighted by Crippen LogP contribution is 2.30. The first-order valence-corrected chi connectivity index (χ1v) is 12.4. The van der Waals surface area contributed by atoms with Crippen molar-refractivity contribution in [3.8, 4) is 0 Å². The molecule has 31 heavy (non-hydrogen) atoms. The van der Waals surface area contributed by atoms with E-state index >= 15 is 0 Å². The number of aliphatic hydroxyl groups is 1. The largest absolute Gasteiger partial charge is 0.392 e. The number of nitrogens with one attached hydrogen (secondary N) is 4.